The van der Waals surface area contributed by atoms with Gasteiger partial charge in [0, 0.05) is 27.1 Å². The molecule has 0 aromatic carbocycles. The van der Waals surface area contributed by atoms with E-state index in [9.17, 15) is 9.59 Å². The molecule has 0 saturated heterocycles. The van der Waals surface area contributed by atoms with Crippen molar-refractivity contribution in [2.75, 3.05) is 19.4 Å². The van der Waals surface area contributed by atoms with E-state index >= 15 is 0 Å². The van der Waals surface area contributed by atoms with Gasteiger partial charge >= 0.3 is 0 Å². The molecule has 6 nitrogen and oxygen atoms in total. The lowest BCUT2D eigenvalue weighted by atomic mass is 10.0. The third-order valence-corrected chi connectivity index (χ3v) is 5.34. The van der Waals surface area contributed by atoms with Crippen molar-refractivity contribution in [1.82, 2.24) is 14.9 Å². The summed E-state index contributed by atoms with van der Waals surface area (Å²) < 4.78 is 1.86. The van der Waals surface area contributed by atoms with Gasteiger partial charge in [0.15, 0.2) is 17.3 Å². The molecule has 0 radical (unpaired) electrons. The van der Waals surface area contributed by atoms with Crippen LogP contribution >= 0.6 is 0 Å². The average molecular weight is 443 g/mol. The Morgan fingerprint density at radius 2 is 1.69 bits per heavy atom. The van der Waals surface area contributed by atoms with E-state index in [1.807, 2.05) is 10.6 Å². The van der Waals surface area contributed by atoms with Crippen molar-refractivity contribution in [3.8, 4) is 0 Å². The molecule has 0 bridgehead atoms. The van der Waals surface area contributed by atoms with Crippen LogP contribution in [0.2, 0.25) is 0 Å². The number of nitrogens with one attached hydrogen (secondary N) is 2. The molecule has 1 aromatic heterocycles. The smallest absolute Gasteiger partial charge is 0.271 e. The van der Waals surface area contributed by atoms with Gasteiger partial charge in [-0.25, -0.2) is 4.98 Å². The van der Waals surface area contributed by atoms with Crippen molar-refractivity contribution in [1.29, 1.82) is 0 Å². The summed E-state index contributed by atoms with van der Waals surface area (Å²) in [6.45, 7) is 11.1. The summed E-state index contributed by atoms with van der Waals surface area (Å²) in [5, 5.41) is 5.63. The van der Waals surface area contributed by atoms with Gasteiger partial charge in [-0.05, 0) is 64.9 Å². The first-order valence-electron chi connectivity index (χ1n) is 11.6. The maximum atomic E-state index is 12.1. The Labute approximate surface area is 194 Å². The molecule has 1 rings (SSSR count). The van der Waals surface area contributed by atoms with E-state index in [0.29, 0.717) is 30.4 Å². The van der Waals surface area contributed by atoms with Crippen LogP contribution in [0.3, 0.4) is 0 Å². The summed E-state index contributed by atoms with van der Waals surface area (Å²) in [5.41, 5.74) is 4.41. The maximum absolute atomic E-state index is 12.1. The second kappa shape index (κ2) is 14.4. The molecule has 178 valence electrons. The monoisotopic (exact) mass is 442 g/mol. The molecule has 0 saturated carbocycles. The Kier molecular flexibility index (Phi) is 12.4. The van der Waals surface area contributed by atoms with Crippen LogP contribution in [-0.2, 0) is 11.3 Å². The number of allylic oxidation sites excluding steroid dienone is 6. The van der Waals surface area contributed by atoms with Crippen molar-refractivity contribution in [2.45, 2.75) is 79.7 Å². The molecule has 0 atom stereocenters. The summed E-state index contributed by atoms with van der Waals surface area (Å²) >= 11 is 0. The molecular formula is C26H42N4O2. The Hall–Kier alpha value is -2.63. The lowest BCUT2D eigenvalue weighted by Gasteiger charge is -2.07. The van der Waals surface area contributed by atoms with Crippen molar-refractivity contribution in [2.24, 2.45) is 5.92 Å². The van der Waals surface area contributed by atoms with E-state index in [0.717, 1.165) is 32.1 Å². The normalized spacial score (nSPS) is 12.9. The zero-order valence-corrected chi connectivity index (χ0v) is 21.0. The Balaban J connectivity index is 2.46. The van der Waals surface area contributed by atoms with Crippen LogP contribution in [0.25, 0.3) is 0 Å². The standard InChI is InChI=1S/C26H42N4O2/c1-19(2)16-23(31)17-22(5)13-9-11-20(3)10-8-12-21(4)14-15-30-18-29-25(27-6)24(30)26(32)28-7/h10,14,17-19,27H,8-9,11-13,15-16H2,1-7H3,(H,28,32)/b20-10+,21-14+,22-17-. The van der Waals surface area contributed by atoms with E-state index in [4.69, 9.17) is 0 Å². The average Bonchev–Trinajstić information content (AvgIpc) is 3.14. The molecule has 6 heteroatoms. The van der Waals surface area contributed by atoms with Crippen molar-refractivity contribution in [3.05, 3.63) is 47.0 Å². The molecule has 1 aromatic rings. The molecule has 1 heterocycles. The predicted octanol–water partition coefficient (Wildman–Crippen LogP) is 5.69. The van der Waals surface area contributed by atoms with E-state index < -0.39 is 0 Å². The van der Waals surface area contributed by atoms with E-state index in [-0.39, 0.29) is 11.7 Å². The second-order valence-electron chi connectivity index (χ2n) is 8.97. The molecule has 0 unspecified atom stereocenters. The number of amides is 1. The molecule has 0 aliphatic rings. The van der Waals surface area contributed by atoms with E-state index in [2.05, 4.69) is 62.4 Å². The number of nitrogens with zero attached hydrogens (tertiary/aromatic N) is 2. The quantitative estimate of drug-likeness (QED) is 0.287. The van der Waals surface area contributed by atoms with Gasteiger partial charge < -0.3 is 15.2 Å². The molecule has 1 amide bonds. The zero-order valence-electron chi connectivity index (χ0n) is 21.0. The van der Waals surface area contributed by atoms with Crippen molar-refractivity contribution in [3.63, 3.8) is 0 Å². The second-order valence-corrected chi connectivity index (χ2v) is 8.97. The Morgan fingerprint density at radius 1 is 1.03 bits per heavy atom. The van der Waals surface area contributed by atoms with E-state index in [1.54, 1.807) is 20.4 Å². The highest BCUT2D eigenvalue weighted by Crippen LogP contribution is 2.16. The minimum Gasteiger partial charge on any atom is -0.371 e. The van der Waals surface area contributed by atoms with Crippen molar-refractivity contribution >= 4 is 17.5 Å². The first-order chi connectivity index (χ1) is 15.2. The highest BCUT2D eigenvalue weighted by Gasteiger charge is 2.16. The van der Waals surface area contributed by atoms with Gasteiger partial charge in [-0.3, -0.25) is 9.59 Å². The maximum Gasteiger partial charge on any atom is 0.271 e. The van der Waals surface area contributed by atoms with Crippen LogP contribution in [0.1, 0.15) is 83.6 Å². The number of rotatable bonds is 14. The highest BCUT2D eigenvalue weighted by molar-refractivity contribution is 5.97. The number of hydrogen-bond acceptors (Lipinski definition) is 4. The number of anilines is 1. The molecule has 0 fully saturated rings. The summed E-state index contributed by atoms with van der Waals surface area (Å²) in [5.74, 6) is 1.10. The van der Waals surface area contributed by atoms with Crippen LogP contribution in [0.15, 0.2) is 41.3 Å². The molecule has 0 spiro atoms. The third-order valence-electron chi connectivity index (χ3n) is 5.34. The van der Waals surface area contributed by atoms with E-state index in [1.165, 1.54) is 16.7 Å². The number of aromatic nitrogens is 2. The molecular weight excluding hydrogens is 400 g/mol. The predicted molar refractivity (Wildman–Crippen MR) is 134 cm³/mol. The largest absolute Gasteiger partial charge is 0.371 e. The summed E-state index contributed by atoms with van der Waals surface area (Å²) in [7, 11) is 3.39. The summed E-state index contributed by atoms with van der Waals surface area (Å²) in [6, 6.07) is 0. The molecule has 0 aliphatic carbocycles. The first-order valence-corrected chi connectivity index (χ1v) is 11.6. The minimum atomic E-state index is -0.147. The van der Waals surface area contributed by atoms with Gasteiger partial charge in [0.25, 0.3) is 5.91 Å². The lowest BCUT2D eigenvalue weighted by Crippen LogP contribution is -2.22. The Morgan fingerprint density at radius 3 is 2.31 bits per heavy atom. The number of imidazole rings is 1. The fourth-order valence-electron chi connectivity index (χ4n) is 3.52. The van der Waals surface area contributed by atoms with Crippen LogP contribution < -0.4 is 10.6 Å². The lowest BCUT2D eigenvalue weighted by molar-refractivity contribution is -0.115. The van der Waals surface area contributed by atoms with Gasteiger partial charge in [-0.15, -0.1) is 0 Å². The zero-order chi connectivity index (χ0) is 24.1. The van der Waals surface area contributed by atoms with Crippen LogP contribution in [-0.4, -0.2) is 35.3 Å². The fourth-order valence-corrected chi connectivity index (χ4v) is 3.52. The molecule has 32 heavy (non-hydrogen) atoms. The van der Waals surface area contributed by atoms with Crippen LogP contribution in [0, 0.1) is 5.92 Å². The van der Waals surface area contributed by atoms with Gasteiger partial charge in [0.2, 0.25) is 0 Å². The van der Waals surface area contributed by atoms with Gasteiger partial charge in [-0.1, -0.05) is 42.7 Å². The van der Waals surface area contributed by atoms with Crippen LogP contribution in [0.5, 0.6) is 0 Å². The van der Waals surface area contributed by atoms with Gasteiger partial charge in [0.05, 0.1) is 6.33 Å². The number of carbonyl (C=O) groups is 2. The van der Waals surface area contributed by atoms with Crippen LogP contribution in [0.4, 0.5) is 5.82 Å². The Bertz CT molecular complexity index is 844. The number of ketones is 1. The summed E-state index contributed by atoms with van der Waals surface area (Å²) in [4.78, 5) is 28.3. The molecule has 0 aliphatic heterocycles. The third kappa shape index (κ3) is 10.1. The van der Waals surface area contributed by atoms with Gasteiger partial charge in [-0.2, -0.15) is 0 Å². The van der Waals surface area contributed by atoms with Gasteiger partial charge in [0.1, 0.15) is 0 Å². The minimum absolute atomic E-state index is 0.147. The first kappa shape index (κ1) is 27.4. The fraction of sp³-hybridized carbons (Fsp3) is 0.577. The number of carbonyl (C=O) groups excluding carboxylic acids is 2. The topological polar surface area (TPSA) is 76.0 Å². The highest BCUT2D eigenvalue weighted by atomic mass is 16.2. The number of hydrogen-bond donors (Lipinski definition) is 2. The SMILES string of the molecule is CNC(=O)c1c(NC)ncn1C/C=C(\C)CC/C=C(\C)CCC/C(C)=C\C(=O)CC(C)C. The summed E-state index contributed by atoms with van der Waals surface area (Å²) in [6.07, 6.45) is 13.7. The molecule has 2 N–H and O–H groups in total. The van der Waals surface area contributed by atoms with Crippen molar-refractivity contribution < 1.29 is 9.59 Å².